The minimum absolute atomic E-state index is 0.0309. The number of unbranched alkanes of at least 4 members (excludes halogenated alkanes) is 8. The number of esters is 1. The van der Waals surface area contributed by atoms with Crippen molar-refractivity contribution in [2.45, 2.75) is 105 Å². The SMILES string of the molecule is CCCCCCCCSSCCCCCCOC(=O)CCC(C)(C)C. The van der Waals surface area contributed by atoms with E-state index in [1.54, 1.807) is 0 Å². The minimum atomic E-state index is -0.0309. The van der Waals surface area contributed by atoms with Crippen LogP contribution in [-0.2, 0) is 9.53 Å². The smallest absolute Gasteiger partial charge is 0.305 e. The van der Waals surface area contributed by atoms with Gasteiger partial charge in [0.15, 0.2) is 0 Å². The first-order chi connectivity index (χ1) is 12.0. The normalized spacial score (nSPS) is 11.7. The number of hydrogen-bond acceptors (Lipinski definition) is 4. The molecule has 0 saturated carbocycles. The van der Waals surface area contributed by atoms with Gasteiger partial charge in [-0.3, -0.25) is 4.79 Å². The van der Waals surface area contributed by atoms with Crippen LogP contribution in [0.3, 0.4) is 0 Å². The number of hydrogen-bond donors (Lipinski definition) is 0. The van der Waals surface area contributed by atoms with Crippen LogP contribution in [0.5, 0.6) is 0 Å². The topological polar surface area (TPSA) is 26.3 Å². The van der Waals surface area contributed by atoms with Crippen molar-refractivity contribution in [3.8, 4) is 0 Å². The molecule has 0 aromatic heterocycles. The van der Waals surface area contributed by atoms with Gasteiger partial charge >= 0.3 is 5.97 Å². The number of ether oxygens (including phenoxy) is 1. The lowest BCUT2D eigenvalue weighted by atomic mass is 9.91. The van der Waals surface area contributed by atoms with Crippen molar-refractivity contribution < 1.29 is 9.53 Å². The quantitative estimate of drug-likeness (QED) is 0.145. The summed E-state index contributed by atoms with van der Waals surface area (Å²) in [5.74, 6) is 2.53. The molecule has 0 aliphatic carbocycles. The maximum atomic E-state index is 11.6. The van der Waals surface area contributed by atoms with E-state index in [0.29, 0.717) is 13.0 Å². The van der Waals surface area contributed by atoms with Gasteiger partial charge in [-0.2, -0.15) is 0 Å². The Balaban J connectivity index is 3.15. The lowest BCUT2D eigenvalue weighted by Gasteiger charge is -2.16. The Morgan fingerprint density at radius 1 is 0.800 bits per heavy atom. The molecule has 4 heteroatoms. The van der Waals surface area contributed by atoms with E-state index in [1.165, 1.54) is 69.3 Å². The molecule has 0 aliphatic rings. The lowest BCUT2D eigenvalue weighted by molar-refractivity contribution is -0.144. The van der Waals surface area contributed by atoms with Crippen LogP contribution in [0.4, 0.5) is 0 Å². The molecular weight excluding hydrogens is 348 g/mol. The maximum absolute atomic E-state index is 11.6. The van der Waals surface area contributed by atoms with E-state index < -0.39 is 0 Å². The Hall–Kier alpha value is 0.170. The van der Waals surface area contributed by atoms with E-state index in [2.05, 4.69) is 27.7 Å². The zero-order valence-corrected chi connectivity index (χ0v) is 18.9. The standard InChI is InChI=1S/C21H42O2S2/c1-5-6-7-8-10-13-18-24-25-19-14-11-9-12-17-23-20(22)15-16-21(2,3)4/h5-19H2,1-4H3. The highest BCUT2D eigenvalue weighted by atomic mass is 33.1. The lowest BCUT2D eigenvalue weighted by Crippen LogP contribution is -2.11. The molecule has 0 N–H and O–H groups in total. The minimum Gasteiger partial charge on any atom is -0.466 e. The first-order valence-corrected chi connectivity index (χ1v) is 12.8. The van der Waals surface area contributed by atoms with Gasteiger partial charge in [-0.1, -0.05) is 94.2 Å². The molecule has 0 radical (unpaired) electrons. The van der Waals surface area contributed by atoms with Crippen LogP contribution in [0.15, 0.2) is 0 Å². The average Bonchev–Trinajstić information content (AvgIpc) is 2.56. The zero-order chi connectivity index (χ0) is 18.8. The van der Waals surface area contributed by atoms with Crippen molar-refractivity contribution in [3.63, 3.8) is 0 Å². The molecule has 2 nitrogen and oxygen atoms in total. The third-order valence-electron chi connectivity index (χ3n) is 4.13. The van der Waals surface area contributed by atoms with Crippen molar-refractivity contribution in [3.05, 3.63) is 0 Å². The van der Waals surface area contributed by atoms with E-state index in [9.17, 15) is 4.79 Å². The first kappa shape index (κ1) is 25.2. The molecule has 0 unspecified atom stereocenters. The fourth-order valence-corrected chi connectivity index (χ4v) is 4.70. The highest BCUT2D eigenvalue weighted by Gasteiger charge is 2.13. The number of carbonyl (C=O) groups excluding carboxylic acids is 1. The van der Waals surface area contributed by atoms with E-state index in [0.717, 1.165) is 12.8 Å². The second kappa shape index (κ2) is 17.6. The van der Waals surface area contributed by atoms with Crippen LogP contribution in [0.1, 0.15) is 105 Å². The zero-order valence-electron chi connectivity index (χ0n) is 17.2. The molecule has 0 fully saturated rings. The molecule has 0 aromatic rings. The summed E-state index contributed by atoms with van der Waals surface area (Å²) in [6, 6.07) is 0. The van der Waals surface area contributed by atoms with Gasteiger partial charge in [0.05, 0.1) is 6.61 Å². The first-order valence-electron chi connectivity index (χ1n) is 10.4. The average molecular weight is 391 g/mol. The summed E-state index contributed by atoms with van der Waals surface area (Å²) in [6.45, 7) is 9.34. The van der Waals surface area contributed by atoms with Crippen LogP contribution in [0, 0.1) is 5.41 Å². The van der Waals surface area contributed by atoms with Crippen LogP contribution < -0.4 is 0 Å². The Morgan fingerprint density at radius 3 is 1.88 bits per heavy atom. The molecule has 25 heavy (non-hydrogen) atoms. The molecule has 0 heterocycles. The van der Waals surface area contributed by atoms with Crippen molar-refractivity contribution in [1.82, 2.24) is 0 Å². The largest absolute Gasteiger partial charge is 0.466 e. The molecule has 0 amide bonds. The van der Waals surface area contributed by atoms with Crippen molar-refractivity contribution in [2.24, 2.45) is 5.41 Å². The van der Waals surface area contributed by atoms with E-state index in [-0.39, 0.29) is 11.4 Å². The van der Waals surface area contributed by atoms with Gasteiger partial charge in [0, 0.05) is 17.9 Å². The summed E-state index contributed by atoms with van der Waals surface area (Å²) in [6.07, 6.45) is 14.5. The van der Waals surface area contributed by atoms with E-state index in [4.69, 9.17) is 4.74 Å². The molecule has 0 saturated heterocycles. The predicted octanol–water partition coefficient (Wildman–Crippen LogP) is 7.66. The fraction of sp³-hybridized carbons (Fsp3) is 0.952. The van der Waals surface area contributed by atoms with Crippen molar-refractivity contribution >= 4 is 27.6 Å². The van der Waals surface area contributed by atoms with Crippen LogP contribution in [0.2, 0.25) is 0 Å². The van der Waals surface area contributed by atoms with Crippen molar-refractivity contribution in [2.75, 3.05) is 18.1 Å². The van der Waals surface area contributed by atoms with Gasteiger partial charge < -0.3 is 4.74 Å². The maximum Gasteiger partial charge on any atom is 0.305 e. The molecule has 0 atom stereocenters. The third kappa shape index (κ3) is 22.1. The Bertz CT molecular complexity index is 301. The second-order valence-corrected chi connectivity index (χ2v) is 10.8. The van der Waals surface area contributed by atoms with Crippen LogP contribution in [-0.4, -0.2) is 24.1 Å². The molecule has 150 valence electrons. The molecule has 0 aromatic carbocycles. The summed E-state index contributed by atoms with van der Waals surface area (Å²) in [4.78, 5) is 11.6. The summed E-state index contributed by atoms with van der Waals surface area (Å²) < 4.78 is 5.30. The predicted molar refractivity (Wildman–Crippen MR) is 116 cm³/mol. The van der Waals surface area contributed by atoms with Gasteiger partial charge in [-0.15, -0.1) is 0 Å². The number of rotatable bonds is 17. The fourth-order valence-electron chi connectivity index (χ4n) is 2.41. The van der Waals surface area contributed by atoms with Crippen molar-refractivity contribution in [1.29, 1.82) is 0 Å². The second-order valence-electron chi connectivity index (χ2n) is 8.11. The summed E-state index contributed by atoms with van der Waals surface area (Å²) >= 11 is 0. The molecule has 0 bridgehead atoms. The number of carbonyl (C=O) groups is 1. The third-order valence-corrected chi connectivity index (χ3v) is 6.71. The Morgan fingerprint density at radius 2 is 1.32 bits per heavy atom. The van der Waals surface area contributed by atoms with E-state index in [1.807, 2.05) is 21.6 Å². The Kier molecular flexibility index (Phi) is 17.7. The van der Waals surface area contributed by atoms with Gasteiger partial charge in [0.25, 0.3) is 0 Å². The molecule has 0 aliphatic heterocycles. The summed E-state index contributed by atoms with van der Waals surface area (Å²) in [7, 11) is 4.07. The highest BCUT2D eigenvalue weighted by molar-refractivity contribution is 8.76. The monoisotopic (exact) mass is 390 g/mol. The molecule has 0 spiro atoms. The van der Waals surface area contributed by atoms with E-state index >= 15 is 0 Å². The summed E-state index contributed by atoms with van der Waals surface area (Å²) in [5.41, 5.74) is 0.212. The van der Waals surface area contributed by atoms with Crippen LogP contribution >= 0.6 is 21.6 Å². The highest BCUT2D eigenvalue weighted by Crippen LogP contribution is 2.24. The van der Waals surface area contributed by atoms with Gasteiger partial charge in [-0.25, -0.2) is 0 Å². The van der Waals surface area contributed by atoms with Gasteiger partial charge in [-0.05, 0) is 31.1 Å². The molecular formula is C21H42O2S2. The van der Waals surface area contributed by atoms with Crippen LogP contribution in [0.25, 0.3) is 0 Å². The summed E-state index contributed by atoms with van der Waals surface area (Å²) in [5, 5.41) is 0. The van der Waals surface area contributed by atoms with Gasteiger partial charge in [0.2, 0.25) is 0 Å². The van der Waals surface area contributed by atoms with Gasteiger partial charge in [0.1, 0.15) is 0 Å². The Labute approximate surface area is 165 Å². The molecule has 0 rings (SSSR count).